The van der Waals surface area contributed by atoms with Crippen LogP contribution in [0.25, 0.3) is 10.9 Å². The molecule has 0 saturated carbocycles. The van der Waals surface area contributed by atoms with Crippen molar-refractivity contribution in [2.45, 2.75) is 62.9 Å². The SMILES string of the molecule is Cc1ccc(S(=O)(=O)NC(c2ccccc2C(F)(F)F)c2cn([Si](C)(C)C(C)(C)C)c3ccccc23)cc1. The summed E-state index contributed by atoms with van der Waals surface area (Å²) >= 11 is 0. The Hall–Kier alpha value is -2.88. The highest BCUT2D eigenvalue weighted by molar-refractivity contribution is 7.89. The number of nitrogens with one attached hydrogen (secondary N) is 1. The summed E-state index contributed by atoms with van der Waals surface area (Å²) in [7, 11) is -6.41. The van der Waals surface area contributed by atoms with Crippen molar-refractivity contribution in [1.82, 2.24) is 8.95 Å². The third-order valence-corrected chi connectivity index (χ3v) is 14.4. The normalized spacial score (nSPS) is 14.1. The van der Waals surface area contributed by atoms with E-state index < -0.39 is 36.0 Å². The second-order valence-corrected chi connectivity index (χ2v) is 18.0. The molecule has 3 aromatic carbocycles. The Morgan fingerprint density at radius 3 is 2.03 bits per heavy atom. The van der Waals surface area contributed by atoms with Crippen molar-refractivity contribution >= 4 is 29.2 Å². The van der Waals surface area contributed by atoms with Crippen LogP contribution < -0.4 is 4.72 Å². The van der Waals surface area contributed by atoms with Gasteiger partial charge in [0.25, 0.3) is 0 Å². The predicted octanol–water partition coefficient (Wildman–Crippen LogP) is 7.89. The van der Waals surface area contributed by atoms with E-state index in [9.17, 15) is 21.6 Å². The van der Waals surface area contributed by atoms with Gasteiger partial charge in [0.2, 0.25) is 10.0 Å². The molecule has 0 saturated heterocycles. The maximum absolute atomic E-state index is 14.2. The highest BCUT2D eigenvalue weighted by atomic mass is 32.2. The van der Waals surface area contributed by atoms with Crippen molar-refractivity contribution in [3.05, 3.63) is 101 Å². The van der Waals surface area contributed by atoms with E-state index in [1.807, 2.05) is 37.4 Å². The largest absolute Gasteiger partial charge is 0.416 e. The zero-order chi connectivity index (χ0) is 28.1. The number of rotatable bonds is 6. The molecule has 0 aliphatic rings. The van der Waals surface area contributed by atoms with Crippen molar-refractivity contribution in [3.63, 3.8) is 0 Å². The highest BCUT2D eigenvalue weighted by Gasteiger charge is 2.41. The Kier molecular flexibility index (Phi) is 7.18. The molecule has 4 rings (SSSR count). The number of fused-ring (bicyclic) bond motifs is 1. The minimum Gasteiger partial charge on any atom is -0.374 e. The van der Waals surface area contributed by atoms with Crippen molar-refractivity contribution in [3.8, 4) is 0 Å². The second-order valence-electron chi connectivity index (χ2n) is 11.2. The minimum absolute atomic E-state index is 0.00859. The van der Waals surface area contributed by atoms with Gasteiger partial charge >= 0.3 is 6.18 Å². The first-order valence-electron chi connectivity index (χ1n) is 12.4. The first-order chi connectivity index (χ1) is 17.5. The Morgan fingerprint density at radius 1 is 0.842 bits per heavy atom. The van der Waals surface area contributed by atoms with Gasteiger partial charge in [-0.25, -0.2) is 8.42 Å². The van der Waals surface area contributed by atoms with Crippen LogP contribution in [-0.4, -0.2) is 20.9 Å². The van der Waals surface area contributed by atoms with Crippen molar-refractivity contribution in [1.29, 1.82) is 0 Å². The average Bonchev–Trinajstić information content (AvgIpc) is 3.22. The van der Waals surface area contributed by atoms with Crippen molar-refractivity contribution in [2.24, 2.45) is 0 Å². The molecule has 4 aromatic rings. The molecular weight excluding hydrogens is 525 g/mol. The fraction of sp³-hybridized carbons (Fsp3) is 0.310. The molecule has 1 N–H and O–H groups in total. The van der Waals surface area contributed by atoms with E-state index in [2.05, 4.69) is 42.8 Å². The van der Waals surface area contributed by atoms with E-state index in [1.54, 1.807) is 12.1 Å². The third-order valence-electron chi connectivity index (χ3n) is 7.67. The number of hydrogen-bond acceptors (Lipinski definition) is 2. The second kappa shape index (κ2) is 9.70. The number of hydrogen-bond donors (Lipinski definition) is 1. The van der Waals surface area contributed by atoms with Crippen LogP contribution in [0, 0.1) is 6.92 Å². The molecule has 0 bridgehead atoms. The number of para-hydroxylation sites is 1. The molecule has 9 heteroatoms. The Labute approximate surface area is 223 Å². The van der Waals surface area contributed by atoms with Gasteiger partial charge in [-0.05, 0) is 47.4 Å². The van der Waals surface area contributed by atoms with Crippen LogP contribution in [0.3, 0.4) is 0 Å². The molecule has 1 aromatic heterocycles. The quantitative estimate of drug-likeness (QED) is 0.245. The Morgan fingerprint density at radius 2 is 1.42 bits per heavy atom. The van der Waals surface area contributed by atoms with Gasteiger partial charge < -0.3 is 4.23 Å². The number of benzene rings is 3. The number of alkyl halides is 3. The van der Waals surface area contributed by atoms with Gasteiger partial charge in [-0.1, -0.05) is 88.0 Å². The molecule has 0 fully saturated rings. The predicted molar refractivity (Wildman–Crippen MR) is 149 cm³/mol. The first kappa shape index (κ1) is 28.1. The van der Waals surface area contributed by atoms with Gasteiger partial charge in [0, 0.05) is 17.1 Å². The molecule has 1 heterocycles. The van der Waals surface area contributed by atoms with Gasteiger partial charge in [0.1, 0.15) is 0 Å². The molecule has 38 heavy (non-hydrogen) atoms. The van der Waals surface area contributed by atoms with E-state index in [0.29, 0.717) is 10.9 Å². The molecule has 1 atom stereocenters. The van der Waals surface area contributed by atoms with Gasteiger partial charge in [-0.2, -0.15) is 17.9 Å². The van der Waals surface area contributed by atoms with Crippen molar-refractivity contribution < 1.29 is 21.6 Å². The fourth-order valence-electron chi connectivity index (χ4n) is 4.50. The maximum Gasteiger partial charge on any atom is 0.416 e. The summed E-state index contributed by atoms with van der Waals surface area (Å²) in [5.74, 6) is 0. The van der Waals surface area contributed by atoms with E-state index in [0.717, 1.165) is 17.1 Å². The standard InChI is InChI=1S/C29H33F3N2O2SSi/c1-20-15-17-21(18-16-20)37(35,36)33-27(23-12-7-9-13-25(23)29(30,31)32)24-19-34(38(5,6)28(2,3)4)26-14-10-8-11-22(24)26/h7-19,27,33H,1-6H3. The summed E-state index contributed by atoms with van der Waals surface area (Å²) in [4.78, 5) is -0.00859. The van der Waals surface area contributed by atoms with E-state index in [4.69, 9.17) is 0 Å². The fourth-order valence-corrected chi connectivity index (χ4v) is 7.68. The summed E-state index contributed by atoms with van der Waals surface area (Å²) in [6, 6.07) is 17.7. The van der Waals surface area contributed by atoms with Gasteiger partial charge in [0.05, 0.1) is 16.5 Å². The summed E-state index contributed by atoms with van der Waals surface area (Å²) in [6.07, 6.45) is -2.81. The zero-order valence-corrected chi connectivity index (χ0v) is 24.2. The van der Waals surface area contributed by atoms with Gasteiger partial charge in [-0.3, -0.25) is 0 Å². The third kappa shape index (κ3) is 5.19. The zero-order valence-electron chi connectivity index (χ0n) is 22.4. The topological polar surface area (TPSA) is 51.1 Å². The van der Waals surface area contributed by atoms with E-state index >= 15 is 0 Å². The van der Waals surface area contributed by atoms with Gasteiger partial charge in [-0.15, -0.1) is 0 Å². The lowest BCUT2D eigenvalue weighted by Crippen LogP contribution is -2.45. The number of aromatic nitrogens is 1. The minimum atomic E-state index is -4.66. The number of sulfonamides is 1. The number of aryl methyl sites for hydroxylation is 1. The maximum atomic E-state index is 14.2. The molecule has 0 spiro atoms. The molecule has 202 valence electrons. The van der Waals surface area contributed by atoms with Crippen molar-refractivity contribution in [2.75, 3.05) is 0 Å². The summed E-state index contributed by atoms with van der Waals surface area (Å²) in [5.41, 5.74) is 1.21. The molecule has 0 aliphatic heterocycles. The smallest absolute Gasteiger partial charge is 0.374 e. The van der Waals surface area contributed by atoms with Crippen LogP contribution in [0.15, 0.2) is 83.9 Å². The molecule has 0 radical (unpaired) electrons. The summed E-state index contributed by atoms with van der Waals surface area (Å²) < 4.78 is 74.6. The molecule has 4 nitrogen and oxygen atoms in total. The number of nitrogens with zero attached hydrogens (tertiary/aromatic N) is 1. The Balaban J connectivity index is 2.02. The van der Waals surface area contributed by atoms with Gasteiger partial charge in [0.15, 0.2) is 8.24 Å². The summed E-state index contributed by atoms with van der Waals surface area (Å²) in [5, 5.41) is 0.637. The van der Waals surface area contributed by atoms with Crippen LogP contribution >= 0.6 is 0 Å². The van der Waals surface area contributed by atoms with Crippen LogP contribution in [0.5, 0.6) is 0 Å². The first-order valence-corrected chi connectivity index (χ1v) is 16.8. The monoisotopic (exact) mass is 558 g/mol. The molecule has 0 amide bonds. The van der Waals surface area contributed by atoms with Crippen LogP contribution in [0.2, 0.25) is 18.1 Å². The van der Waals surface area contributed by atoms with E-state index in [1.165, 1.54) is 30.3 Å². The molecule has 0 aliphatic carbocycles. The molecule has 1 unspecified atom stereocenters. The lowest BCUT2D eigenvalue weighted by molar-refractivity contribution is -0.138. The Bertz CT molecular complexity index is 1570. The number of halogens is 3. The highest BCUT2D eigenvalue weighted by Crippen LogP contribution is 2.43. The molecular formula is C29H33F3N2O2SSi. The van der Waals surface area contributed by atoms with Crippen LogP contribution in [0.1, 0.15) is 49.1 Å². The summed E-state index contributed by atoms with van der Waals surface area (Å²) in [6.45, 7) is 12.7. The lowest BCUT2D eigenvalue weighted by atomic mass is 9.94. The van der Waals surface area contributed by atoms with Crippen LogP contribution in [-0.2, 0) is 16.2 Å². The van der Waals surface area contributed by atoms with Crippen LogP contribution in [0.4, 0.5) is 13.2 Å². The lowest BCUT2D eigenvalue weighted by Gasteiger charge is -2.38. The van der Waals surface area contributed by atoms with E-state index in [-0.39, 0.29) is 15.5 Å². The average molecular weight is 559 g/mol.